The van der Waals surface area contributed by atoms with Gasteiger partial charge < -0.3 is 19.9 Å². The van der Waals surface area contributed by atoms with Gasteiger partial charge in [-0.3, -0.25) is 5.32 Å². The number of urea groups is 1. The topological polar surface area (TPSA) is 110 Å². The first-order valence-corrected chi connectivity index (χ1v) is 12.6. The van der Waals surface area contributed by atoms with Crippen LogP contribution < -0.4 is 15.4 Å². The van der Waals surface area contributed by atoms with Crippen LogP contribution in [-0.2, 0) is 9.53 Å². The Bertz CT molecular complexity index is 1120. The Kier molecular flexibility index (Phi) is 8.61. The number of carboxylic acids is 1. The van der Waals surface area contributed by atoms with Crippen molar-refractivity contribution in [3.63, 3.8) is 0 Å². The van der Waals surface area contributed by atoms with Crippen LogP contribution in [0.3, 0.4) is 0 Å². The van der Waals surface area contributed by atoms with E-state index in [9.17, 15) is 14.7 Å². The van der Waals surface area contributed by atoms with Gasteiger partial charge in [0, 0.05) is 22.9 Å². The molecule has 0 spiro atoms. The van der Waals surface area contributed by atoms with Crippen molar-refractivity contribution in [1.29, 1.82) is 0 Å². The monoisotopic (exact) mass is 497 g/mol. The summed E-state index contributed by atoms with van der Waals surface area (Å²) in [6, 6.07) is 5.44. The third-order valence-corrected chi connectivity index (χ3v) is 6.50. The molecule has 1 aliphatic carbocycles. The number of carbonyl (C=O) groups excluding carboxylic acids is 1. The molecule has 1 unspecified atom stereocenters. The summed E-state index contributed by atoms with van der Waals surface area (Å²) in [6.45, 7) is 11.0. The highest BCUT2D eigenvalue weighted by atomic mass is 16.5. The number of aromatic nitrogens is 1. The van der Waals surface area contributed by atoms with Crippen LogP contribution in [-0.4, -0.2) is 40.8 Å². The second-order valence-corrected chi connectivity index (χ2v) is 10.5. The van der Waals surface area contributed by atoms with E-state index in [0.29, 0.717) is 34.0 Å². The van der Waals surface area contributed by atoms with Gasteiger partial charge in [0.25, 0.3) is 0 Å². The molecule has 2 aromatic rings. The molecule has 8 heteroatoms. The van der Waals surface area contributed by atoms with Crippen molar-refractivity contribution in [3.8, 4) is 16.9 Å². The van der Waals surface area contributed by atoms with Crippen molar-refractivity contribution in [1.82, 2.24) is 10.3 Å². The van der Waals surface area contributed by atoms with Crippen LogP contribution in [0.25, 0.3) is 11.1 Å². The van der Waals surface area contributed by atoms with E-state index >= 15 is 0 Å². The normalized spacial score (nSPS) is 15.3. The molecule has 1 fully saturated rings. The second kappa shape index (κ2) is 11.3. The van der Waals surface area contributed by atoms with Gasteiger partial charge in [0.05, 0.1) is 12.7 Å². The zero-order valence-electron chi connectivity index (χ0n) is 22.4. The van der Waals surface area contributed by atoms with Gasteiger partial charge in [-0.05, 0) is 83.2 Å². The lowest BCUT2D eigenvalue weighted by atomic mass is 9.89. The zero-order chi connectivity index (χ0) is 26.6. The number of hydrogen-bond donors (Lipinski definition) is 3. The molecule has 1 heterocycles. The first kappa shape index (κ1) is 27.5. The lowest BCUT2D eigenvalue weighted by molar-refractivity contribution is -0.160. The summed E-state index contributed by atoms with van der Waals surface area (Å²) >= 11 is 0. The number of amides is 2. The van der Waals surface area contributed by atoms with Crippen molar-refractivity contribution >= 4 is 17.8 Å². The van der Waals surface area contributed by atoms with Gasteiger partial charge in [0.2, 0.25) is 0 Å². The molecule has 36 heavy (non-hydrogen) atoms. The fourth-order valence-corrected chi connectivity index (χ4v) is 4.81. The number of nitrogens with one attached hydrogen (secondary N) is 2. The Balaban J connectivity index is 2.13. The number of carboxylic acid groups (broad SMARTS) is 1. The van der Waals surface area contributed by atoms with Crippen LogP contribution in [0, 0.1) is 20.8 Å². The Hall–Kier alpha value is -3.13. The maximum atomic E-state index is 12.8. The SMILES string of the molecule is COc1ccc(-c2c(C)nc(NC(=O)NC3CCCCC3)c(C)c2C(OC(C)(C)C)C(=O)O)c(C)c1. The molecule has 1 saturated carbocycles. The van der Waals surface area contributed by atoms with E-state index in [0.717, 1.165) is 36.8 Å². The number of hydrogen-bond acceptors (Lipinski definition) is 5. The predicted octanol–water partition coefficient (Wildman–Crippen LogP) is 6.08. The number of aliphatic carboxylic acids is 1. The van der Waals surface area contributed by atoms with Gasteiger partial charge in [-0.2, -0.15) is 0 Å². The molecule has 1 aromatic carbocycles. The number of carbonyl (C=O) groups is 2. The number of benzene rings is 1. The molecule has 3 rings (SSSR count). The van der Waals surface area contributed by atoms with Gasteiger partial charge >= 0.3 is 12.0 Å². The summed E-state index contributed by atoms with van der Waals surface area (Å²) in [5.41, 5.74) is 3.34. The highest BCUT2D eigenvalue weighted by molar-refractivity contribution is 5.91. The minimum atomic E-state index is -1.26. The number of aryl methyl sites for hydroxylation is 2. The molecular formula is C28H39N3O5. The molecular weight excluding hydrogens is 458 g/mol. The minimum Gasteiger partial charge on any atom is -0.497 e. The molecule has 3 N–H and O–H groups in total. The average Bonchev–Trinajstić information content (AvgIpc) is 2.80. The van der Waals surface area contributed by atoms with Gasteiger partial charge in [-0.1, -0.05) is 25.3 Å². The maximum Gasteiger partial charge on any atom is 0.337 e. The van der Waals surface area contributed by atoms with Crippen molar-refractivity contribution in [3.05, 3.63) is 40.6 Å². The minimum absolute atomic E-state index is 0.136. The van der Waals surface area contributed by atoms with Crippen LogP contribution >= 0.6 is 0 Å². The van der Waals surface area contributed by atoms with E-state index in [1.165, 1.54) is 6.42 Å². The standard InChI is InChI=1S/C28H39N3O5/c1-16-15-20(35-7)13-14-21(16)23-18(3)29-25(31-27(34)30-19-11-9-8-10-12-19)17(2)22(23)24(26(32)33)36-28(4,5)6/h13-15,19,24H,8-12H2,1-7H3,(H,32,33)(H2,29,30,31,34). The molecule has 1 aliphatic rings. The Morgan fingerprint density at radius 1 is 1.11 bits per heavy atom. The summed E-state index contributed by atoms with van der Waals surface area (Å²) in [7, 11) is 1.60. The second-order valence-electron chi connectivity index (χ2n) is 10.5. The van der Waals surface area contributed by atoms with Crippen LogP contribution in [0.15, 0.2) is 18.2 Å². The van der Waals surface area contributed by atoms with Gasteiger partial charge in [-0.25, -0.2) is 14.6 Å². The third-order valence-electron chi connectivity index (χ3n) is 6.50. The average molecular weight is 498 g/mol. The number of methoxy groups -OCH3 is 1. The summed E-state index contributed by atoms with van der Waals surface area (Å²) < 4.78 is 11.4. The summed E-state index contributed by atoms with van der Waals surface area (Å²) in [4.78, 5) is 30.1. The first-order chi connectivity index (χ1) is 16.9. The largest absolute Gasteiger partial charge is 0.497 e. The molecule has 196 valence electrons. The summed E-state index contributed by atoms with van der Waals surface area (Å²) in [6.07, 6.45) is 4.06. The molecule has 0 bridgehead atoms. The molecule has 0 radical (unpaired) electrons. The predicted molar refractivity (Wildman–Crippen MR) is 141 cm³/mol. The van der Waals surface area contributed by atoms with Crippen LogP contribution in [0.4, 0.5) is 10.6 Å². The van der Waals surface area contributed by atoms with E-state index in [1.54, 1.807) is 14.0 Å². The summed E-state index contributed by atoms with van der Waals surface area (Å²) in [5.74, 6) is -0.0725. The van der Waals surface area contributed by atoms with Crippen molar-refractivity contribution in [2.75, 3.05) is 12.4 Å². The van der Waals surface area contributed by atoms with E-state index in [4.69, 9.17) is 14.5 Å². The smallest absolute Gasteiger partial charge is 0.337 e. The highest BCUT2D eigenvalue weighted by Crippen LogP contribution is 2.41. The van der Waals surface area contributed by atoms with Gasteiger partial charge in [0.15, 0.2) is 6.10 Å². The van der Waals surface area contributed by atoms with E-state index in [1.807, 2.05) is 52.8 Å². The van der Waals surface area contributed by atoms with Crippen LogP contribution in [0.1, 0.15) is 81.4 Å². The molecule has 1 atom stereocenters. The quantitative estimate of drug-likeness (QED) is 0.428. The van der Waals surface area contributed by atoms with Crippen LogP contribution in [0.5, 0.6) is 5.75 Å². The lowest BCUT2D eigenvalue weighted by Crippen LogP contribution is -2.39. The fraction of sp³-hybridized carbons (Fsp3) is 0.536. The van der Waals surface area contributed by atoms with Crippen LogP contribution in [0.2, 0.25) is 0 Å². The van der Waals surface area contributed by atoms with Gasteiger partial charge in [-0.15, -0.1) is 0 Å². The Labute approximate surface area is 213 Å². The number of nitrogens with zero attached hydrogens (tertiary/aromatic N) is 1. The van der Waals surface area contributed by atoms with Crippen molar-refractivity contribution in [2.45, 2.75) is 91.4 Å². The Morgan fingerprint density at radius 3 is 2.33 bits per heavy atom. The number of pyridine rings is 1. The first-order valence-electron chi connectivity index (χ1n) is 12.6. The fourth-order valence-electron chi connectivity index (χ4n) is 4.81. The van der Waals surface area contributed by atoms with E-state index < -0.39 is 17.7 Å². The molecule has 2 amide bonds. The van der Waals surface area contributed by atoms with E-state index in [-0.39, 0.29) is 12.1 Å². The molecule has 0 saturated heterocycles. The van der Waals surface area contributed by atoms with Crippen molar-refractivity contribution in [2.24, 2.45) is 0 Å². The summed E-state index contributed by atoms with van der Waals surface area (Å²) in [5, 5.41) is 16.2. The van der Waals surface area contributed by atoms with Crippen molar-refractivity contribution < 1.29 is 24.2 Å². The third kappa shape index (κ3) is 6.55. The number of anilines is 1. The number of ether oxygens (including phenoxy) is 2. The molecule has 0 aliphatic heterocycles. The maximum absolute atomic E-state index is 12.8. The van der Waals surface area contributed by atoms with Gasteiger partial charge in [0.1, 0.15) is 11.6 Å². The zero-order valence-corrected chi connectivity index (χ0v) is 22.4. The molecule has 8 nitrogen and oxygen atoms in total. The molecule has 1 aromatic heterocycles. The lowest BCUT2D eigenvalue weighted by Gasteiger charge is -2.29. The number of rotatable bonds is 7. The van der Waals surface area contributed by atoms with E-state index in [2.05, 4.69) is 10.6 Å². The Morgan fingerprint density at radius 2 is 1.78 bits per heavy atom. The highest BCUT2D eigenvalue weighted by Gasteiger charge is 2.33.